The van der Waals surface area contributed by atoms with Crippen LogP contribution >= 0.6 is 0 Å². The summed E-state index contributed by atoms with van der Waals surface area (Å²) in [6.07, 6.45) is 0. The van der Waals surface area contributed by atoms with E-state index in [9.17, 15) is 0 Å². The molecular formula is C3H10N2. The highest BCUT2D eigenvalue weighted by atomic mass is 15.1. The van der Waals surface area contributed by atoms with E-state index in [4.69, 9.17) is 0 Å². The molecule has 2 N–H and O–H groups in total. The molecule has 0 aromatic rings. The second kappa shape index (κ2) is 1.38. The van der Waals surface area contributed by atoms with Crippen LogP contribution in [0.5, 0.6) is 0 Å². The molecule has 0 aliphatic carbocycles. The Morgan fingerprint density at radius 3 is 2.00 bits per heavy atom. The third-order valence-corrected chi connectivity index (χ3v) is 0.729. The van der Waals surface area contributed by atoms with E-state index < -0.39 is 0 Å². The first kappa shape index (κ1) is 3.12. The van der Waals surface area contributed by atoms with Crippen molar-refractivity contribution in [3.05, 3.63) is 0 Å². The van der Waals surface area contributed by atoms with Gasteiger partial charge in [0.05, 0.1) is 0 Å². The number of hydrogen-bond acceptors (Lipinski definition) is 2. The van der Waals surface area contributed by atoms with Gasteiger partial charge in [-0.25, -0.2) is 0 Å². The van der Waals surface area contributed by atoms with Crippen molar-refractivity contribution in [3.8, 4) is 0 Å². The van der Waals surface area contributed by atoms with E-state index in [-0.39, 0.29) is 1.43 Å². The standard InChI is InChI=1S/C3H8N2.H2/c1-2-5-3-4-1;/h4-5H,1-3H2;1H. The Labute approximate surface area is 33.0 Å². The Hall–Kier alpha value is -0.0800. The van der Waals surface area contributed by atoms with Crippen molar-refractivity contribution in [2.24, 2.45) is 0 Å². The molecule has 1 fully saturated rings. The SMILES string of the molecule is C1CNCN1.[HH]. The van der Waals surface area contributed by atoms with Crippen molar-refractivity contribution in [2.75, 3.05) is 19.8 Å². The molecule has 1 rings (SSSR count). The van der Waals surface area contributed by atoms with Crippen molar-refractivity contribution in [1.82, 2.24) is 10.6 Å². The van der Waals surface area contributed by atoms with Crippen LogP contribution in [0.4, 0.5) is 0 Å². The number of hydrogen-bond donors (Lipinski definition) is 2. The van der Waals surface area contributed by atoms with Crippen LogP contribution in [0.1, 0.15) is 1.43 Å². The maximum atomic E-state index is 3.11. The fourth-order valence-corrected chi connectivity index (χ4v) is 0.442. The Morgan fingerprint density at radius 1 is 1.20 bits per heavy atom. The first-order valence-electron chi connectivity index (χ1n) is 1.91. The molecule has 2 heteroatoms. The first-order valence-corrected chi connectivity index (χ1v) is 1.91. The molecule has 0 radical (unpaired) electrons. The van der Waals surface area contributed by atoms with Gasteiger partial charge in [0.2, 0.25) is 0 Å². The molecule has 0 aromatic carbocycles. The fraction of sp³-hybridized carbons (Fsp3) is 1.00. The van der Waals surface area contributed by atoms with E-state index in [1.165, 1.54) is 0 Å². The van der Waals surface area contributed by atoms with E-state index in [1.54, 1.807) is 0 Å². The highest BCUT2D eigenvalue weighted by Gasteiger charge is 1.90. The van der Waals surface area contributed by atoms with Crippen molar-refractivity contribution in [1.29, 1.82) is 0 Å². The summed E-state index contributed by atoms with van der Waals surface area (Å²) in [6, 6.07) is 0. The molecule has 1 heterocycles. The zero-order chi connectivity index (χ0) is 3.54. The Kier molecular flexibility index (Phi) is 0.862. The quantitative estimate of drug-likeness (QED) is 0.400. The summed E-state index contributed by atoms with van der Waals surface area (Å²) in [5, 5.41) is 6.22. The van der Waals surface area contributed by atoms with Gasteiger partial charge in [0.25, 0.3) is 0 Å². The lowest BCUT2D eigenvalue weighted by molar-refractivity contribution is 0.807. The maximum Gasteiger partial charge on any atom is 0.0455 e. The molecular weight excluding hydrogens is 64.0 g/mol. The number of nitrogens with one attached hydrogen (secondary N) is 2. The summed E-state index contributed by atoms with van der Waals surface area (Å²) in [4.78, 5) is 0. The molecule has 1 saturated heterocycles. The largest absolute Gasteiger partial charge is 0.303 e. The predicted molar refractivity (Wildman–Crippen MR) is 23.0 cm³/mol. The monoisotopic (exact) mass is 74.1 g/mol. The Morgan fingerprint density at radius 2 is 1.80 bits per heavy atom. The molecule has 1 aliphatic heterocycles. The highest BCUT2D eigenvalue weighted by molar-refractivity contribution is 4.55. The molecule has 0 bridgehead atoms. The zero-order valence-corrected chi connectivity index (χ0v) is 3.12. The van der Waals surface area contributed by atoms with Gasteiger partial charge in [-0.05, 0) is 0 Å². The molecule has 0 unspecified atom stereocenters. The summed E-state index contributed by atoms with van der Waals surface area (Å²) in [6.45, 7) is 3.28. The van der Waals surface area contributed by atoms with Gasteiger partial charge in [0.15, 0.2) is 0 Å². The second-order valence-electron chi connectivity index (χ2n) is 1.18. The van der Waals surface area contributed by atoms with Gasteiger partial charge < -0.3 is 10.6 Å². The van der Waals surface area contributed by atoms with Crippen LogP contribution in [0.2, 0.25) is 0 Å². The minimum absolute atomic E-state index is 0. The van der Waals surface area contributed by atoms with Crippen molar-refractivity contribution < 1.29 is 1.43 Å². The highest BCUT2D eigenvalue weighted by Crippen LogP contribution is 1.62. The lowest BCUT2D eigenvalue weighted by atomic mass is 10.7. The van der Waals surface area contributed by atoms with E-state index in [2.05, 4.69) is 10.6 Å². The van der Waals surface area contributed by atoms with Crippen molar-refractivity contribution in [3.63, 3.8) is 0 Å². The van der Waals surface area contributed by atoms with E-state index in [0.717, 1.165) is 19.8 Å². The molecule has 0 amide bonds. The van der Waals surface area contributed by atoms with Crippen LogP contribution in [-0.2, 0) is 0 Å². The van der Waals surface area contributed by atoms with Crippen LogP contribution in [0.15, 0.2) is 0 Å². The first-order chi connectivity index (χ1) is 2.50. The summed E-state index contributed by atoms with van der Waals surface area (Å²) in [5.41, 5.74) is 0. The lowest BCUT2D eigenvalue weighted by Gasteiger charge is -1.77. The topological polar surface area (TPSA) is 24.1 Å². The minimum atomic E-state index is 0. The number of rotatable bonds is 0. The van der Waals surface area contributed by atoms with E-state index >= 15 is 0 Å². The summed E-state index contributed by atoms with van der Waals surface area (Å²) in [5.74, 6) is 0. The minimum Gasteiger partial charge on any atom is -0.303 e. The zero-order valence-electron chi connectivity index (χ0n) is 3.12. The molecule has 2 nitrogen and oxygen atoms in total. The third-order valence-electron chi connectivity index (χ3n) is 0.729. The molecule has 0 saturated carbocycles. The Bertz CT molecular complexity index is 20.4. The van der Waals surface area contributed by atoms with Gasteiger partial charge in [0, 0.05) is 21.2 Å². The molecule has 0 aromatic heterocycles. The van der Waals surface area contributed by atoms with Crippen LogP contribution in [0.3, 0.4) is 0 Å². The van der Waals surface area contributed by atoms with Gasteiger partial charge in [0.1, 0.15) is 0 Å². The molecule has 1 aliphatic rings. The Balaban J connectivity index is 0.000000250. The van der Waals surface area contributed by atoms with Gasteiger partial charge in [-0.3, -0.25) is 0 Å². The van der Waals surface area contributed by atoms with E-state index in [0.29, 0.717) is 0 Å². The van der Waals surface area contributed by atoms with Gasteiger partial charge in [-0.15, -0.1) is 0 Å². The average molecular weight is 74.1 g/mol. The average Bonchev–Trinajstić information content (AvgIpc) is 1.76. The smallest absolute Gasteiger partial charge is 0.0455 e. The summed E-state index contributed by atoms with van der Waals surface area (Å²) >= 11 is 0. The van der Waals surface area contributed by atoms with Gasteiger partial charge in [-0.1, -0.05) is 0 Å². The van der Waals surface area contributed by atoms with Crippen molar-refractivity contribution in [2.45, 2.75) is 0 Å². The normalized spacial score (nSPS) is 24.0. The van der Waals surface area contributed by atoms with Gasteiger partial charge >= 0.3 is 0 Å². The van der Waals surface area contributed by atoms with E-state index in [1.807, 2.05) is 0 Å². The second-order valence-corrected chi connectivity index (χ2v) is 1.18. The predicted octanol–water partition coefficient (Wildman–Crippen LogP) is -0.617. The third kappa shape index (κ3) is 0.597. The molecule has 5 heavy (non-hydrogen) atoms. The van der Waals surface area contributed by atoms with Gasteiger partial charge in [-0.2, -0.15) is 0 Å². The fourth-order valence-electron chi connectivity index (χ4n) is 0.442. The summed E-state index contributed by atoms with van der Waals surface area (Å²) in [7, 11) is 0. The van der Waals surface area contributed by atoms with Crippen LogP contribution in [-0.4, -0.2) is 19.8 Å². The summed E-state index contributed by atoms with van der Waals surface area (Å²) < 4.78 is 0. The van der Waals surface area contributed by atoms with Crippen LogP contribution < -0.4 is 10.6 Å². The lowest BCUT2D eigenvalue weighted by Crippen LogP contribution is -2.11. The van der Waals surface area contributed by atoms with Crippen LogP contribution in [0.25, 0.3) is 0 Å². The molecule has 32 valence electrons. The molecule has 0 atom stereocenters. The van der Waals surface area contributed by atoms with Crippen molar-refractivity contribution >= 4 is 0 Å². The maximum absolute atomic E-state index is 3.11. The van der Waals surface area contributed by atoms with Crippen LogP contribution in [0, 0.1) is 0 Å². The molecule has 0 spiro atoms.